The molecule has 8 nitrogen and oxygen atoms in total. The highest BCUT2D eigenvalue weighted by Crippen LogP contribution is 2.02. The van der Waals surface area contributed by atoms with Gasteiger partial charge in [-0.05, 0) is 0 Å². The molecule has 0 aliphatic rings. The molecular formula is C9H11NO7. The maximum atomic E-state index is 11.2. The highest BCUT2D eigenvalue weighted by Gasteiger charge is 2.11. The third-order valence-electron chi connectivity index (χ3n) is 1.49. The van der Waals surface area contributed by atoms with Crippen molar-refractivity contribution in [2.24, 2.45) is 0 Å². The van der Waals surface area contributed by atoms with E-state index in [1.807, 2.05) is 5.32 Å². The van der Waals surface area contributed by atoms with Crippen molar-refractivity contribution in [1.82, 2.24) is 5.32 Å². The molecular weight excluding hydrogens is 234 g/mol. The molecule has 0 atom stereocenters. The van der Waals surface area contributed by atoms with E-state index in [0.717, 1.165) is 6.20 Å². The molecule has 0 aromatic rings. The van der Waals surface area contributed by atoms with E-state index in [1.165, 1.54) is 0 Å². The van der Waals surface area contributed by atoms with Gasteiger partial charge in [-0.15, -0.1) is 0 Å². The number of hydrogen-bond acceptors (Lipinski definition) is 5. The monoisotopic (exact) mass is 245 g/mol. The molecule has 8 heteroatoms. The van der Waals surface area contributed by atoms with E-state index in [4.69, 9.17) is 15.5 Å². The van der Waals surface area contributed by atoms with Gasteiger partial charge in [-0.1, -0.05) is 6.58 Å². The van der Waals surface area contributed by atoms with Crippen LogP contribution in [0.1, 0.15) is 12.8 Å². The normalized spacial score (nSPS) is 10.5. The van der Waals surface area contributed by atoms with Crippen molar-refractivity contribution in [2.45, 2.75) is 12.8 Å². The second-order valence-electron chi connectivity index (χ2n) is 2.92. The fraction of sp³-hybridized carbons (Fsp3) is 0.222. The Balaban J connectivity index is 4.37. The Morgan fingerprint density at radius 2 is 1.71 bits per heavy atom. The lowest BCUT2D eigenvalue weighted by atomic mass is 10.2. The van der Waals surface area contributed by atoms with Gasteiger partial charge in [-0.25, -0.2) is 5.26 Å². The first-order valence-corrected chi connectivity index (χ1v) is 4.29. The largest absolute Gasteiger partial charge is 0.481 e. The third kappa shape index (κ3) is 6.68. The van der Waals surface area contributed by atoms with Crippen molar-refractivity contribution in [1.29, 1.82) is 0 Å². The predicted molar refractivity (Wildman–Crippen MR) is 53.6 cm³/mol. The minimum Gasteiger partial charge on any atom is -0.481 e. The SMILES string of the molecule is C=C(CC(=O)O)C(=O)NC=C(CC(=O)O)OO. The molecule has 0 aliphatic heterocycles. The second-order valence-corrected chi connectivity index (χ2v) is 2.92. The summed E-state index contributed by atoms with van der Waals surface area (Å²) in [6, 6.07) is 0. The predicted octanol–water partition coefficient (Wildman–Crippen LogP) is -0.0608. The van der Waals surface area contributed by atoms with Crippen molar-refractivity contribution >= 4 is 17.8 Å². The van der Waals surface area contributed by atoms with Crippen LogP contribution in [-0.2, 0) is 19.3 Å². The highest BCUT2D eigenvalue weighted by atomic mass is 17.1. The average Bonchev–Trinajstić information content (AvgIpc) is 2.22. The van der Waals surface area contributed by atoms with E-state index in [0.29, 0.717) is 0 Å². The van der Waals surface area contributed by atoms with Crippen molar-refractivity contribution in [3.05, 3.63) is 24.1 Å². The number of carboxylic acids is 2. The van der Waals surface area contributed by atoms with Crippen molar-refractivity contribution in [3.63, 3.8) is 0 Å². The van der Waals surface area contributed by atoms with Crippen LogP contribution in [0, 0.1) is 0 Å². The lowest BCUT2D eigenvalue weighted by molar-refractivity contribution is -0.207. The fourth-order valence-corrected chi connectivity index (χ4v) is 0.770. The summed E-state index contributed by atoms with van der Waals surface area (Å²) < 4.78 is 0. The van der Waals surface area contributed by atoms with E-state index in [2.05, 4.69) is 11.5 Å². The first-order chi connectivity index (χ1) is 7.86. The molecule has 0 rings (SSSR count). The van der Waals surface area contributed by atoms with Gasteiger partial charge in [0.05, 0.1) is 6.42 Å². The number of aliphatic carboxylic acids is 2. The van der Waals surface area contributed by atoms with Crippen LogP contribution in [0.25, 0.3) is 0 Å². The van der Waals surface area contributed by atoms with Crippen LogP contribution < -0.4 is 5.32 Å². The summed E-state index contributed by atoms with van der Waals surface area (Å²) in [7, 11) is 0. The molecule has 4 N–H and O–H groups in total. The summed E-state index contributed by atoms with van der Waals surface area (Å²) in [4.78, 5) is 35.4. The van der Waals surface area contributed by atoms with Gasteiger partial charge in [0.15, 0.2) is 5.76 Å². The quantitative estimate of drug-likeness (QED) is 0.213. The van der Waals surface area contributed by atoms with Gasteiger partial charge < -0.3 is 20.4 Å². The molecule has 0 aliphatic carbocycles. The van der Waals surface area contributed by atoms with Crippen LogP contribution >= 0.6 is 0 Å². The number of carbonyl (C=O) groups excluding carboxylic acids is 1. The molecule has 1 amide bonds. The molecule has 0 saturated carbocycles. The van der Waals surface area contributed by atoms with Crippen LogP contribution in [0.2, 0.25) is 0 Å². The summed E-state index contributed by atoms with van der Waals surface area (Å²) >= 11 is 0. The van der Waals surface area contributed by atoms with Crippen LogP contribution in [0.4, 0.5) is 0 Å². The Morgan fingerprint density at radius 3 is 2.12 bits per heavy atom. The number of carboxylic acid groups (broad SMARTS) is 2. The van der Waals surface area contributed by atoms with Crippen LogP contribution in [0.15, 0.2) is 24.1 Å². The van der Waals surface area contributed by atoms with Gasteiger partial charge in [0, 0.05) is 11.8 Å². The molecule has 0 radical (unpaired) electrons. The molecule has 0 heterocycles. The van der Waals surface area contributed by atoms with Crippen molar-refractivity contribution in [2.75, 3.05) is 0 Å². The number of carbonyl (C=O) groups is 3. The maximum absolute atomic E-state index is 11.2. The first kappa shape index (κ1) is 14.6. The van der Waals surface area contributed by atoms with Gasteiger partial charge in [0.1, 0.15) is 6.42 Å². The zero-order chi connectivity index (χ0) is 13.4. The summed E-state index contributed by atoms with van der Waals surface area (Å²) in [5.74, 6) is -3.72. The average molecular weight is 245 g/mol. The fourth-order valence-electron chi connectivity index (χ4n) is 0.770. The zero-order valence-electron chi connectivity index (χ0n) is 8.67. The first-order valence-electron chi connectivity index (χ1n) is 4.29. The van der Waals surface area contributed by atoms with E-state index in [9.17, 15) is 14.4 Å². The van der Waals surface area contributed by atoms with Crippen LogP contribution in [0.3, 0.4) is 0 Å². The maximum Gasteiger partial charge on any atom is 0.311 e. The van der Waals surface area contributed by atoms with Gasteiger partial charge in [-0.2, -0.15) is 0 Å². The Labute approximate surface area is 95.7 Å². The summed E-state index contributed by atoms with van der Waals surface area (Å²) in [5.41, 5.74) is -0.221. The summed E-state index contributed by atoms with van der Waals surface area (Å²) in [6.07, 6.45) is -0.375. The minimum atomic E-state index is -1.27. The molecule has 0 saturated heterocycles. The third-order valence-corrected chi connectivity index (χ3v) is 1.49. The highest BCUT2D eigenvalue weighted by molar-refractivity contribution is 5.97. The van der Waals surface area contributed by atoms with Gasteiger partial charge in [0.25, 0.3) is 5.91 Å². The summed E-state index contributed by atoms with van der Waals surface area (Å²) in [5, 5.41) is 27.0. The zero-order valence-corrected chi connectivity index (χ0v) is 8.67. The van der Waals surface area contributed by atoms with Gasteiger partial charge in [-0.3, -0.25) is 14.4 Å². The van der Waals surface area contributed by atoms with Crippen LogP contribution in [-0.4, -0.2) is 33.3 Å². The lowest BCUT2D eigenvalue weighted by Gasteiger charge is -2.03. The Kier molecular flexibility index (Phi) is 6.04. The van der Waals surface area contributed by atoms with E-state index in [1.54, 1.807) is 0 Å². The number of amides is 1. The lowest BCUT2D eigenvalue weighted by Crippen LogP contribution is -2.21. The molecule has 0 bridgehead atoms. The van der Waals surface area contributed by atoms with E-state index < -0.39 is 36.4 Å². The Morgan fingerprint density at radius 1 is 1.18 bits per heavy atom. The minimum absolute atomic E-state index is 0.221. The standard InChI is InChI=1S/C9H11NO7/c1-5(2-7(11)12)9(15)10-4-6(17-16)3-8(13)14/h4,16H,1-3H2,(H,10,15)(H,11,12)(H,13,14). The summed E-state index contributed by atoms with van der Waals surface area (Å²) in [6.45, 7) is 3.22. The molecule has 0 aromatic heterocycles. The van der Waals surface area contributed by atoms with Gasteiger partial charge >= 0.3 is 11.9 Å². The molecule has 0 aromatic carbocycles. The Hall–Kier alpha value is -2.35. The molecule has 94 valence electrons. The molecule has 0 unspecified atom stereocenters. The smallest absolute Gasteiger partial charge is 0.311 e. The topological polar surface area (TPSA) is 133 Å². The second kappa shape index (κ2) is 7.01. The van der Waals surface area contributed by atoms with Crippen LogP contribution in [0.5, 0.6) is 0 Å². The van der Waals surface area contributed by atoms with E-state index in [-0.39, 0.29) is 5.57 Å². The number of rotatable bonds is 7. The number of hydrogen-bond donors (Lipinski definition) is 4. The Bertz CT molecular complexity index is 372. The molecule has 0 spiro atoms. The number of nitrogens with one attached hydrogen (secondary N) is 1. The van der Waals surface area contributed by atoms with Crippen molar-refractivity contribution in [3.8, 4) is 0 Å². The van der Waals surface area contributed by atoms with E-state index >= 15 is 0 Å². The molecule has 17 heavy (non-hydrogen) atoms. The van der Waals surface area contributed by atoms with Crippen molar-refractivity contribution < 1.29 is 34.7 Å². The van der Waals surface area contributed by atoms with Gasteiger partial charge in [0.2, 0.25) is 0 Å². The molecule has 0 fully saturated rings.